The summed E-state index contributed by atoms with van der Waals surface area (Å²) in [6.07, 6.45) is 0. The van der Waals surface area contributed by atoms with E-state index in [2.05, 4.69) is 66.7 Å². The van der Waals surface area contributed by atoms with Gasteiger partial charge in [-0.1, -0.05) is 121 Å². The van der Waals surface area contributed by atoms with E-state index in [1.807, 2.05) is 72.8 Å². The van der Waals surface area contributed by atoms with Crippen LogP contribution in [0.25, 0.3) is 67.2 Å². The van der Waals surface area contributed by atoms with Gasteiger partial charge in [-0.15, -0.1) is 0 Å². The van der Waals surface area contributed by atoms with E-state index >= 15 is 0 Å². The van der Waals surface area contributed by atoms with Crippen LogP contribution in [-0.4, -0.2) is 15.0 Å². The number of ether oxygens (including phenoxy) is 1. The van der Waals surface area contributed by atoms with E-state index in [1.165, 1.54) is 16.3 Å². The normalized spacial score (nSPS) is 11.6. The summed E-state index contributed by atoms with van der Waals surface area (Å²) in [5, 5.41) is 2.36. The van der Waals surface area contributed by atoms with Gasteiger partial charge in [0.25, 0.3) is 0 Å². The third-order valence-corrected chi connectivity index (χ3v) is 7.53. The molecule has 2 heterocycles. The fraction of sp³-hybridized carbons (Fsp3) is 0. The van der Waals surface area contributed by atoms with Gasteiger partial charge in [-0.05, 0) is 40.3 Å². The van der Waals surface area contributed by atoms with Crippen LogP contribution in [-0.2, 0) is 0 Å². The van der Waals surface area contributed by atoms with Crippen molar-refractivity contribution in [1.82, 2.24) is 15.0 Å². The highest BCUT2D eigenvalue weighted by molar-refractivity contribution is 6.04. The lowest BCUT2D eigenvalue weighted by molar-refractivity contribution is 0.487. The van der Waals surface area contributed by atoms with E-state index < -0.39 is 0 Å². The highest BCUT2D eigenvalue weighted by atomic mass is 16.5. The second-order valence-electron chi connectivity index (χ2n) is 10.1. The molecule has 0 N–H and O–H groups in total. The first-order valence-corrected chi connectivity index (χ1v) is 13.6. The van der Waals surface area contributed by atoms with Gasteiger partial charge in [-0.2, -0.15) is 0 Å². The molecule has 0 spiro atoms. The molecule has 0 fully saturated rings. The van der Waals surface area contributed by atoms with Gasteiger partial charge in [0.05, 0.1) is 0 Å². The Hall–Kier alpha value is -5.61. The van der Waals surface area contributed by atoms with Crippen molar-refractivity contribution in [2.24, 2.45) is 0 Å². The highest BCUT2D eigenvalue weighted by Crippen LogP contribution is 2.47. The van der Waals surface area contributed by atoms with Gasteiger partial charge in [0.1, 0.15) is 11.5 Å². The predicted molar refractivity (Wildman–Crippen MR) is 165 cm³/mol. The maximum atomic E-state index is 6.39. The molecule has 0 atom stereocenters. The van der Waals surface area contributed by atoms with Crippen molar-refractivity contribution >= 4 is 10.8 Å². The van der Waals surface area contributed by atoms with Crippen LogP contribution in [0.2, 0.25) is 0 Å². The van der Waals surface area contributed by atoms with E-state index in [4.69, 9.17) is 19.7 Å². The molecule has 0 saturated heterocycles. The van der Waals surface area contributed by atoms with Gasteiger partial charge < -0.3 is 4.74 Å². The largest absolute Gasteiger partial charge is 0.456 e. The molecule has 0 unspecified atom stereocenters. The second-order valence-corrected chi connectivity index (χ2v) is 10.1. The molecule has 1 aliphatic heterocycles. The van der Waals surface area contributed by atoms with Crippen LogP contribution in [0.3, 0.4) is 0 Å². The summed E-state index contributed by atoms with van der Waals surface area (Å²) in [7, 11) is 0. The average Bonchev–Trinajstić information content (AvgIpc) is 3.05. The smallest absolute Gasteiger partial charge is 0.164 e. The van der Waals surface area contributed by atoms with Crippen LogP contribution in [0.5, 0.6) is 11.5 Å². The van der Waals surface area contributed by atoms with Crippen molar-refractivity contribution in [1.29, 1.82) is 0 Å². The van der Waals surface area contributed by atoms with Crippen molar-refractivity contribution in [2.75, 3.05) is 0 Å². The van der Waals surface area contributed by atoms with Crippen molar-refractivity contribution in [3.63, 3.8) is 0 Å². The minimum absolute atomic E-state index is 0.641. The summed E-state index contributed by atoms with van der Waals surface area (Å²) in [4.78, 5) is 14.5. The maximum Gasteiger partial charge on any atom is 0.164 e. The van der Waals surface area contributed by atoms with E-state index in [1.54, 1.807) is 0 Å². The maximum absolute atomic E-state index is 6.39. The van der Waals surface area contributed by atoms with Crippen molar-refractivity contribution in [3.05, 3.63) is 140 Å². The molecule has 192 valence electrons. The van der Waals surface area contributed by atoms with Crippen LogP contribution in [0.4, 0.5) is 0 Å². The number of fused-ring (bicyclic) bond motifs is 2. The van der Waals surface area contributed by atoms with Gasteiger partial charge in [0, 0.05) is 27.6 Å². The minimum atomic E-state index is 0.641. The van der Waals surface area contributed by atoms with Gasteiger partial charge in [-0.25, -0.2) is 15.0 Å². The van der Waals surface area contributed by atoms with E-state index in [0.717, 1.165) is 44.9 Å². The average molecular weight is 526 g/mol. The molecule has 4 nitrogen and oxygen atoms in total. The van der Waals surface area contributed by atoms with Crippen LogP contribution >= 0.6 is 0 Å². The number of hydrogen-bond acceptors (Lipinski definition) is 4. The topological polar surface area (TPSA) is 47.9 Å². The lowest BCUT2D eigenvalue weighted by Gasteiger charge is -2.22. The molecule has 0 aliphatic carbocycles. The van der Waals surface area contributed by atoms with Crippen molar-refractivity contribution in [2.45, 2.75) is 0 Å². The Morgan fingerprint density at radius 1 is 0.366 bits per heavy atom. The van der Waals surface area contributed by atoms with Crippen LogP contribution < -0.4 is 4.74 Å². The summed E-state index contributed by atoms with van der Waals surface area (Å²) in [5.74, 6) is 3.72. The minimum Gasteiger partial charge on any atom is -0.456 e. The number of rotatable bonds is 4. The summed E-state index contributed by atoms with van der Waals surface area (Å²) in [6, 6.07) is 47.5. The number of hydrogen-bond donors (Lipinski definition) is 0. The zero-order valence-electron chi connectivity index (χ0n) is 22.0. The summed E-state index contributed by atoms with van der Waals surface area (Å²) >= 11 is 0. The zero-order chi connectivity index (χ0) is 27.2. The first-order valence-electron chi connectivity index (χ1n) is 13.6. The molecule has 41 heavy (non-hydrogen) atoms. The fourth-order valence-electron chi connectivity index (χ4n) is 5.49. The Labute approximate surface area is 237 Å². The van der Waals surface area contributed by atoms with E-state index in [0.29, 0.717) is 17.5 Å². The number of benzene rings is 6. The van der Waals surface area contributed by atoms with Gasteiger partial charge in [0.2, 0.25) is 0 Å². The van der Waals surface area contributed by atoms with Crippen molar-refractivity contribution in [3.8, 4) is 67.9 Å². The fourth-order valence-corrected chi connectivity index (χ4v) is 5.49. The third-order valence-electron chi connectivity index (χ3n) is 7.53. The molecule has 4 heteroatoms. The summed E-state index contributed by atoms with van der Waals surface area (Å²) in [6.45, 7) is 0. The predicted octanol–water partition coefficient (Wildman–Crippen LogP) is 9.47. The lowest BCUT2D eigenvalue weighted by atomic mass is 9.93. The number of nitrogens with zero attached hydrogens (tertiary/aromatic N) is 3. The molecular formula is C37H23N3O. The molecule has 0 saturated carbocycles. The Balaban J connectivity index is 1.17. The van der Waals surface area contributed by atoms with Crippen LogP contribution in [0, 0.1) is 0 Å². The first-order chi connectivity index (χ1) is 20.3. The van der Waals surface area contributed by atoms with Crippen LogP contribution in [0.1, 0.15) is 0 Å². The Morgan fingerprint density at radius 2 is 0.902 bits per heavy atom. The molecule has 1 aliphatic rings. The lowest BCUT2D eigenvalue weighted by Crippen LogP contribution is -2.00. The second kappa shape index (κ2) is 9.54. The standard InChI is InChI=1S/C37H23N3O/c1-3-9-26(10-4-1)35-38-36(27-11-5-2-6-12-27)40-37(39-35)28-19-17-24(18-20-28)29-21-22-30-31-15-7-13-25-14-8-16-32(34(25)31)41-33(30)23-29/h1-23H. The Kier molecular flexibility index (Phi) is 5.42. The zero-order valence-corrected chi connectivity index (χ0v) is 22.0. The van der Waals surface area contributed by atoms with Gasteiger partial charge >= 0.3 is 0 Å². The van der Waals surface area contributed by atoms with E-state index in [-0.39, 0.29) is 0 Å². The molecule has 0 bridgehead atoms. The third kappa shape index (κ3) is 4.14. The number of aromatic nitrogens is 3. The Bertz CT molecular complexity index is 1990. The quantitative estimate of drug-likeness (QED) is 0.230. The molecule has 1 aromatic heterocycles. The SMILES string of the molecule is c1ccc(-c2nc(-c3ccccc3)nc(-c3ccc(-c4ccc5c(c4)Oc4cccc6cccc-5c46)cc3)n2)cc1. The highest BCUT2D eigenvalue weighted by Gasteiger charge is 2.20. The molecule has 6 aromatic carbocycles. The molecule has 7 aromatic rings. The van der Waals surface area contributed by atoms with E-state index in [9.17, 15) is 0 Å². The Morgan fingerprint density at radius 3 is 1.54 bits per heavy atom. The molecule has 8 rings (SSSR count). The van der Waals surface area contributed by atoms with Gasteiger partial charge in [0.15, 0.2) is 17.5 Å². The van der Waals surface area contributed by atoms with Crippen molar-refractivity contribution < 1.29 is 4.74 Å². The summed E-state index contributed by atoms with van der Waals surface area (Å²) < 4.78 is 6.39. The van der Waals surface area contributed by atoms with Crippen LogP contribution in [0.15, 0.2) is 140 Å². The monoisotopic (exact) mass is 525 g/mol. The summed E-state index contributed by atoms with van der Waals surface area (Å²) in [5.41, 5.74) is 7.35. The molecule has 0 radical (unpaired) electrons. The van der Waals surface area contributed by atoms with Gasteiger partial charge in [-0.3, -0.25) is 0 Å². The molecule has 0 amide bonds. The first kappa shape index (κ1) is 23.3. The molecular weight excluding hydrogens is 502 g/mol.